The van der Waals surface area contributed by atoms with Gasteiger partial charge in [-0.05, 0) is 42.8 Å². The summed E-state index contributed by atoms with van der Waals surface area (Å²) < 4.78 is 48.0. The molecule has 2 heterocycles. The fourth-order valence-electron chi connectivity index (χ4n) is 2.70. The molecule has 0 bridgehead atoms. The number of hydrogen-bond acceptors (Lipinski definition) is 5. The van der Waals surface area contributed by atoms with Gasteiger partial charge in [-0.3, -0.25) is 4.57 Å². The number of methoxy groups -OCH3 is 1. The van der Waals surface area contributed by atoms with Crippen LogP contribution in [0.1, 0.15) is 11.3 Å². The van der Waals surface area contributed by atoms with E-state index >= 15 is 0 Å². The molecule has 0 atom stereocenters. The van der Waals surface area contributed by atoms with Crippen molar-refractivity contribution in [1.29, 1.82) is 0 Å². The Morgan fingerprint density at radius 1 is 1.18 bits per heavy atom. The summed E-state index contributed by atoms with van der Waals surface area (Å²) >= 11 is 0. The van der Waals surface area contributed by atoms with Crippen LogP contribution in [0.25, 0.3) is 5.69 Å². The highest BCUT2D eigenvalue weighted by molar-refractivity contribution is 5.41. The predicted molar refractivity (Wildman–Crippen MR) is 93.0 cm³/mol. The zero-order chi connectivity index (χ0) is 20.5. The normalized spacial score (nSPS) is 11.5. The number of benzene rings is 1. The molecule has 0 fully saturated rings. The van der Waals surface area contributed by atoms with Gasteiger partial charge in [-0.25, -0.2) is 14.3 Å². The van der Waals surface area contributed by atoms with E-state index in [4.69, 9.17) is 4.74 Å². The Balaban J connectivity index is 1.95. The zero-order valence-corrected chi connectivity index (χ0v) is 14.9. The number of hydrogen-bond donors (Lipinski definition) is 1. The third-order valence-electron chi connectivity index (χ3n) is 4.04. The van der Waals surface area contributed by atoms with Gasteiger partial charge in [0.2, 0.25) is 11.8 Å². The molecule has 0 aliphatic heterocycles. The van der Waals surface area contributed by atoms with Crippen LogP contribution in [0.5, 0.6) is 17.5 Å². The SMILES string of the molecule is COc1cc(Cn2c(C)c(O)n(-c3ccc(OC(F)(F)F)cc3)c2=O)ccn1. The van der Waals surface area contributed by atoms with E-state index in [9.17, 15) is 23.1 Å². The van der Waals surface area contributed by atoms with E-state index in [1.165, 1.54) is 30.0 Å². The Bertz CT molecular complexity index is 1040. The van der Waals surface area contributed by atoms with Gasteiger partial charge in [0.25, 0.3) is 0 Å². The first kappa shape index (κ1) is 19.3. The van der Waals surface area contributed by atoms with Gasteiger partial charge in [0.05, 0.1) is 25.0 Å². The minimum absolute atomic E-state index is 0.152. The average Bonchev–Trinajstić information content (AvgIpc) is 2.85. The fraction of sp³-hybridized carbons (Fsp3) is 0.222. The maximum atomic E-state index is 12.8. The molecule has 28 heavy (non-hydrogen) atoms. The van der Waals surface area contributed by atoms with Crippen LogP contribution >= 0.6 is 0 Å². The Hall–Kier alpha value is -3.43. The number of halogens is 3. The van der Waals surface area contributed by atoms with E-state index < -0.39 is 17.8 Å². The number of ether oxygens (including phenoxy) is 2. The molecule has 0 radical (unpaired) electrons. The lowest BCUT2D eigenvalue weighted by atomic mass is 10.2. The van der Waals surface area contributed by atoms with Crippen LogP contribution in [-0.4, -0.2) is 32.7 Å². The monoisotopic (exact) mass is 395 g/mol. The molecule has 1 N–H and O–H groups in total. The molecule has 3 aromatic rings. The van der Waals surface area contributed by atoms with Crippen molar-refractivity contribution in [3.05, 3.63) is 64.3 Å². The van der Waals surface area contributed by atoms with Crippen LogP contribution < -0.4 is 15.2 Å². The van der Waals surface area contributed by atoms with Crippen LogP contribution in [0, 0.1) is 6.92 Å². The summed E-state index contributed by atoms with van der Waals surface area (Å²) in [7, 11) is 1.47. The highest BCUT2D eigenvalue weighted by Gasteiger charge is 2.31. The molecule has 0 amide bonds. The molecular weight excluding hydrogens is 379 g/mol. The first-order chi connectivity index (χ1) is 13.2. The fourth-order valence-corrected chi connectivity index (χ4v) is 2.70. The summed E-state index contributed by atoms with van der Waals surface area (Å²) in [5.41, 5.74) is 0.681. The van der Waals surface area contributed by atoms with Gasteiger partial charge in [0.1, 0.15) is 5.75 Å². The lowest BCUT2D eigenvalue weighted by molar-refractivity contribution is -0.274. The molecule has 0 aliphatic rings. The number of imidazole rings is 1. The van der Waals surface area contributed by atoms with Crippen molar-refractivity contribution in [2.75, 3.05) is 7.11 Å². The molecule has 148 valence electrons. The molecule has 10 heteroatoms. The zero-order valence-electron chi connectivity index (χ0n) is 14.9. The Morgan fingerprint density at radius 2 is 1.86 bits per heavy atom. The third kappa shape index (κ3) is 3.95. The van der Waals surface area contributed by atoms with E-state index in [0.29, 0.717) is 11.6 Å². The Kier molecular flexibility index (Phi) is 5.04. The van der Waals surface area contributed by atoms with Crippen molar-refractivity contribution >= 4 is 0 Å². The van der Waals surface area contributed by atoms with Gasteiger partial charge < -0.3 is 14.6 Å². The van der Waals surface area contributed by atoms with Crippen molar-refractivity contribution < 1.29 is 27.8 Å². The summed E-state index contributed by atoms with van der Waals surface area (Å²) in [6.45, 7) is 1.71. The van der Waals surface area contributed by atoms with Crippen LogP contribution in [0.4, 0.5) is 13.2 Å². The Labute approximate surface area is 157 Å². The van der Waals surface area contributed by atoms with Crippen LogP contribution in [0.15, 0.2) is 47.4 Å². The number of pyridine rings is 1. The highest BCUT2D eigenvalue weighted by atomic mass is 19.4. The van der Waals surface area contributed by atoms with Gasteiger partial charge in [0, 0.05) is 12.3 Å². The minimum atomic E-state index is -4.81. The van der Waals surface area contributed by atoms with Gasteiger partial charge in [-0.1, -0.05) is 0 Å². The topological polar surface area (TPSA) is 78.5 Å². The second-order valence-electron chi connectivity index (χ2n) is 5.86. The van der Waals surface area contributed by atoms with Gasteiger partial charge in [-0.2, -0.15) is 0 Å². The lowest BCUT2D eigenvalue weighted by Crippen LogP contribution is -2.24. The molecular formula is C18H16F3N3O4. The molecule has 0 aliphatic carbocycles. The molecule has 0 saturated carbocycles. The second-order valence-corrected chi connectivity index (χ2v) is 5.86. The maximum absolute atomic E-state index is 12.8. The van der Waals surface area contributed by atoms with E-state index in [1.54, 1.807) is 19.1 Å². The second kappa shape index (κ2) is 7.29. The van der Waals surface area contributed by atoms with E-state index in [0.717, 1.165) is 22.3 Å². The smallest absolute Gasteiger partial charge is 0.493 e. The Morgan fingerprint density at radius 3 is 2.46 bits per heavy atom. The maximum Gasteiger partial charge on any atom is 0.573 e. The van der Waals surface area contributed by atoms with Crippen molar-refractivity contribution in [2.24, 2.45) is 0 Å². The average molecular weight is 395 g/mol. The summed E-state index contributed by atoms with van der Waals surface area (Å²) in [4.78, 5) is 16.8. The quantitative estimate of drug-likeness (QED) is 0.719. The van der Waals surface area contributed by atoms with Gasteiger partial charge >= 0.3 is 12.1 Å². The molecule has 7 nitrogen and oxygen atoms in total. The lowest BCUT2D eigenvalue weighted by Gasteiger charge is -2.09. The number of nitrogens with zero attached hydrogens (tertiary/aromatic N) is 3. The van der Waals surface area contributed by atoms with E-state index in [-0.39, 0.29) is 18.1 Å². The molecule has 0 unspecified atom stereocenters. The van der Waals surface area contributed by atoms with E-state index in [1.807, 2.05) is 0 Å². The summed E-state index contributed by atoms with van der Waals surface area (Å²) in [5, 5.41) is 10.4. The highest BCUT2D eigenvalue weighted by Crippen LogP contribution is 2.26. The number of rotatable bonds is 5. The standard InChI is InChI=1S/C18H16F3N3O4/c1-11-16(25)24(13-3-5-14(6-4-13)28-18(19,20)21)17(26)23(11)10-12-7-8-22-15(9-12)27-2/h3-9,25H,10H2,1-2H3. The molecule has 0 spiro atoms. The summed E-state index contributed by atoms with van der Waals surface area (Å²) in [5.74, 6) is -0.355. The number of alkyl halides is 3. The predicted octanol–water partition coefficient (Wildman–Crippen LogP) is 3.00. The van der Waals surface area contributed by atoms with Crippen LogP contribution in [0.3, 0.4) is 0 Å². The van der Waals surface area contributed by atoms with Gasteiger partial charge in [0.15, 0.2) is 0 Å². The van der Waals surface area contributed by atoms with E-state index in [2.05, 4.69) is 9.72 Å². The van der Waals surface area contributed by atoms with Crippen molar-refractivity contribution in [3.8, 4) is 23.2 Å². The minimum Gasteiger partial charge on any atom is -0.493 e. The summed E-state index contributed by atoms with van der Waals surface area (Å²) in [6.07, 6.45) is -3.28. The van der Waals surface area contributed by atoms with Crippen molar-refractivity contribution in [3.63, 3.8) is 0 Å². The molecule has 3 rings (SSSR count). The molecule has 1 aromatic carbocycles. The van der Waals surface area contributed by atoms with Crippen LogP contribution in [0.2, 0.25) is 0 Å². The largest absolute Gasteiger partial charge is 0.573 e. The first-order valence-corrected chi connectivity index (χ1v) is 8.06. The number of aromatic nitrogens is 3. The number of aromatic hydroxyl groups is 1. The third-order valence-corrected chi connectivity index (χ3v) is 4.04. The summed E-state index contributed by atoms with van der Waals surface area (Å²) in [6, 6.07) is 7.99. The molecule has 2 aromatic heterocycles. The first-order valence-electron chi connectivity index (χ1n) is 8.06. The van der Waals surface area contributed by atoms with Gasteiger partial charge in [-0.15, -0.1) is 13.2 Å². The van der Waals surface area contributed by atoms with Crippen LogP contribution in [-0.2, 0) is 6.54 Å². The molecule has 0 saturated heterocycles. The van der Waals surface area contributed by atoms with Crippen molar-refractivity contribution in [2.45, 2.75) is 19.8 Å². The van der Waals surface area contributed by atoms with Crippen molar-refractivity contribution in [1.82, 2.24) is 14.1 Å².